The van der Waals surface area contributed by atoms with Crippen LogP contribution in [-0.2, 0) is 14.8 Å². The zero-order valence-electron chi connectivity index (χ0n) is 19.1. The number of hydrogen-bond donors (Lipinski definition) is 1. The van der Waals surface area contributed by atoms with E-state index in [4.69, 9.17) is 4.74 Å². The minimum atomic E-state index is -3.68. The van der Waals surface area contributed by atoms with Crippen LogP contribution in [0, 0.1) is 0 Å². The molecule has 0 bridgehead atoms. The second-order valence-corrected chi connectivity index (χ2v) is 10.5. The van der Waals surface area contributed by atoms with Crippen LogP contribution in [0.2, 0.25) is 0 Å². The number of sulfonamides is 1. The van der Waals surface area contributed by atoms with Crippen molar-refractivity contribution in [1.29, 1.82) is 0 Å². The molecule has 3 aromatic rings. The molecule has 1 unspecified atom stereocenters. The number of rotatable bonds is 6. The summed E-state index contributed by atoms with van der Waals surface area (Å²) in [6.45, 7) is 4.33. The fourth-order valence-corrected chi connectivity index (χ4v) is 4.91. The van der Waals surface area contributed by atoms with E-state index in [1.54, 1.807) is 12.1 Å². The Balaban J connectivity index is 1.67. The molecular weight excluding hydrogens is 438 g/mol. The summed E-state index contributed by atoms with van der Waals surface area (Å²) in [5, 5.41) is 5.30. The molecule has 0 saturated carbocycles. The van der Waals surface area contributed by atoms with Gasteiger partial charge in [0.25, 0.3) is 5.91 Å². The summed E-state index contributed by atoms with van der Waals surface area (Å²) in [6, 6.07) is 18.7. The number of benzene rings is 3. The monoisotopic (exact) mass is 467 g/mol. The maximum absolute atomic E-state index is 13.4. The van der Waals surface area contributed by atoms with E-state index in [9.17, 15) is 13.2 Å². The van der Waals surface area contributed by atoms with Crippen LogP contribution in [0.25, 0.3) is 10.8 Å². The third-order valence-electron chi connectivity index (χ3n) is 5.96. The van der Waals surface area contributed by atoms with Gasteiger partial charge in [0.2, 0.25) is 10.0 Å². The first-order valence-electron chi connectivity index (χ1n) is 11.0. The van der Waals surface area contributed by atoms with Crippen LogP contribution in [0.1, 0.15) is 28.9 Å². The number of carbonyl (C=O) groups excluding carboxylic acids is 1. The molecule has 0 radical (unpaired) electrons. The van der Waals surface area contributed by atoms with Crippen LogP contribution in [-0.4, -0.2) is 59.0 Å². The molecule has 0 aliphatic carbocycles. The largest absolute Gasteiger partial charge is 0.378 e. The summed E-state index contributed by atoms with van der Waals surface area (Å²) in [4.78, 5) is 15.6. The Morgan fingerprint density at radius 2 is 1.70 bits per heavy atom. The van der Waals surface area contributed by atoms with E-state index in [2.05, 4.69) is 16.3 Å². The van der Waals surface area contributed by atoms with Gasteiger partial charge in [0.1, 0.15) is 0 Å². The van der Waals surface area contributed by atoms with Crippen molar-refractivity contribution in [2.45, 2.75) is 17.9 Å². The van der Waals surface area contributed by atoms with Gasteiger partial charge < -0.3 is 15.0 Å². The van der Waals surface area contributed by atoms with E-state index in [-0.39, 0.29) is 16.8 Å². The van der Waals surface area contributed by atoms with Gasteiger partial charge in [-0.1, -0.05) is 36.4 Å². The first kappa shape index (κ1) is 23.2. The molecule has 0 aromatic heterocycles. The molecule has 8 heteroatoms. The zero-order chi connectivity index (χ0) is 23.6. The number of anilines is 1. The number of nitrogens with one attached hydrogen (secondary N) is 1. The Kier molecular flexibility index (Phi) is 6.69. The third-order valence-corrected chi connectivity index (χ3v) is 7.78. The van der Waals surface area contributed by atoms with Gasteiger partial charge in [-0.15, -0.1) is 0 Å². The highest BCUT2D eigenvalue weighted by atomic mass is 32.2. The fraction of sp³-hybridized carbons (Fsp3) is 0.320. The molecular formula is C25H29N3O4S. The van der Waals surface area contributed by atoms with Crippen LogP contribution >= 0.6 is 0 Å². The lowest BCUT2D eigenvalue weighted by Gasteiger charge is -2.31. The third kappa shape index (κ3) is 4.88. The summed E-state index contributed by atoms with van der Waals surface area (Å²) < 4.78 is 32.0. The Morgan fingerprint density at radius 1 is 1.00 bits per heavy atom. The fourth-order valence-electron chi connectivity index (χ4n) is 3.98. The predicted molar refractivity (Wildman–Crippen MR) is 130 cm³/mol. The van der Waals surface area contributed by atoms with E-state index in [1.165, 1.54) is 20.2 Å². The van der Waals surface area contributed by atoms with Crippen molar-refractivity contribution >= 4 is 32.4 Å². The number of amides is 1. The average molecular weight is 468 g/mol. The maximum Gasteiger partial charge on any atom is 0.253 e. The van der Waals surface area contributed by atoms with Crippen molar-refractivity contribution < 1.29 is 17.9 Å². The predicted octanol–water partition coefficient (Wildman–Crippen LogP) is 3.42. The van der Waals surface area contributed by atoms with Gasteiger partial charge in [0, 0.05) is 32.9 Å². The quantitative estimate of drug-likeness (QED) is 0.601. The normalized spacial score (nSPS) is 15.6. The number of ether oxygens (including phenoxy) is 1. The van der Waals surface area contributed by atoms with Crippen molar-refractivity contribution in [3.63, 3.8) is 0 Å². The lowest BCUT2D eigenvalue weighted by atomic mass is 10.0. The van der Waals surface area contributed by atoms with Crippen molar-refractivity contribution in [2.24, 2.45) is 0 Å². The van der Waals surface area contributed by atoms with Gasteiger partial charge in [-0.25, -0.2) is 12.7 Å². The molecule has 0 spiro atoms. The van der Waals surface area contributed by atoms with Gasteiger partial charge in [-0.05, 0) is 47.5 Å². The molecule has 1 fully saturated rings. The molecule has 174 valence electrons. The van der Waals surface area contributed by atoms with Gasteiger partial charge in [-0.2, -0.15) is 0 Å². The first-order chi connectivity index (χ1) is 15.8. The molecule has 33 heavy (non-hydrogen) atoms. The van der Waals surface area contributed by atoms with E-state index < -0.39 is 10.0 Å². The molecule has 1 heterocycles. The van der Waals surface area contributed by atoms with Gasteiger partial charge in [0.15, 0.2) is 0 Å². The van der Waals surface area contributed by atoms with E-state index in [0.29, 0.717) is 37.6 Å². The second-order valence-electron chi connectivity index (χ2n) is 8.37. The summed E-state index contributed by atoms with van der Waals surface area (Å²) in [6.07, 6.45) is 0. The van der Waals surface area contributed by atoms with E-state index >= 15 is 0 Å². The summed E-state index contributed by atoms with van der Waals surface area (Å²) in [7, 11) is -0.717. The number of hydrogen-bond acceptors (Lipinski definition) is 5. The smallest absolute Gasteiger partial charge is 0.253 e. The van der Waals surface area contributed by atoms with Crippen molar-refractivity contribution in [3.05, 3.63) is 71.8 Å². The van der Waals surface area contributed by atoms with Crippen LogP contribution in [0.15, 0.2) is 65.6 Å². The van der Waals surface area contributed by atoms with Crippen LogP contribution in [0.3, 0.4) is 0 Å². The maximum atomic E-state index is 13.4. The molecule has 1 aliphatic heterocycles. The van der Waals surface area contributed by atoms with Crippen LogP contribution < -0.4 is 10.2 Å². The standard InChI is InChI=1S/C25H29N3O4S/c1-18(20-9-8-19-6-4-5-7-21(19)16-20)26-25(29)23-17-22(33(30,31)27(2)3)10-11-24(23)28-12-14-32-15-13-28/h4-11,16-18H,12-15H2,1-3H3,(H,26,29). The number of fused-ring (bicyclic) bond motifs is 1. The first-order valence-corrected chi connectivity index (χ1v) is 12.4. The highest BCUT2D eigenvalue weighted by Crippen LogP contribution is 2.27. The average Bonchev–Trinajstić information content (AvgIpc) is 2.83. The molecule has 1 saturated heterocycles. The number of nitrogens with zero attached hydrogens (tertiary/aromatic N) is 2. The van der Waals surface area contributed by atoms with Crippen molar-refractivity contribution in [2.75, 3.05) is 45.3 Å². The van der Waals surface area contributed by atoms with E-state index in [1.807, 2.05) is 43.3 Å². The Bertz CT molecular complexity index is 1270. The summed E-state index contributed by atoms with van der Waals surface area (Å²) in [5.41, 5.74) is 2.03. The molecule has 7 nitrogen and oxygen atoms in total. The minimum absolute atomic E-state index is 0.0908. The minimum Gasteiger partial charge on any atom is -0.378 e. The number of morpholine rings is 1. The molecule has 1 aliphatic rings. The lowest BCUT2D eigenvalue weighted by Crippen LogP contribution is -2.38. The Labute approximate surface area is 195 Å². The molecule has 3 aromatic carbocycles. The molecule has 1 atom stereocenters. The van der Waals surface area contributed by atoms with Crippen LogP contribution in [0.5, 0.6) is 0 Å². The Morgan fingerprint density at radius 3 is 2.39 bits per heavy atom. The van der Waals surface area contributed by atoms with Gasteiger partial charge in [0.05, 0.1) is 29.7 Å². The van der Waals surface area contributed by atoms with E-state index in [0.717, 1.165) is 20.6 Å². The van der Waals surface area contributed by atoms with Crippen molar-refractivity contribution in [3.8, 4) is 0 Å². The summed E-state index contributed by atoms with van der Waals surface area (Å²) >= 11 is 0. The highest BCUT2D eigenvalue weighted by Gasteiger charge is 2.25. The zero-order valence-corrected chi connectivity index (χ0v) is 19.9. The second kappa shape index (κ2) is 9.51. The SMILES string of the molecule is CC(NC(=O)c1cc(S(=O)(=O)N(C)C)ccc1N1CCOCC1)c1ccc2ccccc2c1. The van der Waals surface area contributed by atoms with Crippen LogP contribution in [0.4, 0.5) is 5.69 Å². The van der Waals surface area contributed by atoms with Crippen molar-refractivity contribution in [1.82, 2.24) is 9.62 Å². The lowest BCUT2D eigenvalue weighted by molar-refractivity contribution is 0.0938. The molecule has 1 N–H and O–H groups in total. The molecule has 4 rings (SSSR count). The summed E-state index contributed by atoms with van der Waals surface area (Å²) in [5.74, 6) is -0.312. The number of carbonyl (C=O) groups is 1. The Hall–Kier alpha value is -2.94. The topological polar surface area (TPSA) is 79.0 Å². The van der Waals surface area contributed by atoms with Gasteiger partial charge in [-0.3, -0.25) is 4.79 Å². The molecule has 1 amide bonds. The highest BCUT2D eigenvalue weighted by molar-refractivity contribution is 7.89. The van der Waals surface area contributed by atoms with Gasteiger partial charge >= 0.3 is 0 Å².